The van der Waals surface area contributed by atoms with Crippen molar-refractivity contribution in [3.8, 4) is 0 Å². The molecule has 1 aromatic heterocycles. The van der Waals surface area contributed by atoms with Crippen molar-refractivity contribution in [2.75, 3.05) is 0 Å². The van der Waals surface area contributed by atoms with Crippen molar-refractivity contribution < 1.29 is 9.18 Å². The van der Waals surface area contributed by atoms with Crippen molar-refractivity contribution in [1.82, 2.24) is 4.57 Å². The minimum atomic E-state index is -0.288. The molecule has 0 N–H and O–H groups in total. The lowest BCUT2D eigenvalue weighted by atomic mass is 10.2. The first-order chi connectivity index (χ1) is 6.33. The lowest BCUT2D eigenvalue weighted by molar-refractivity contribution is -0.108. The number of fused-ring (bicyclic) bond motifs is 1. The molecule has 2 nitrogen and oxygen atoms in total. The number of carbonyl (C=O) groups is 1. The number of benzene rings is 1. The van der Waals surface area contributed by atoms with Gasteiger partial charge in [0.1, 0.15) is 12.1 Å². The molecular weight excluding hydrogens is 169 g/mol. The van der Waals surface area contributed by atoms with E-state index in [1.54, 1.807) is 22.9 Å². The van der Waals surface area contributed by atoms with Gasteiger partial charge in [-0.05, 0) is 12.1 Å². The van der Waals surface area contributed by atoms with Crippen molar-refractivity contribution in [2.45, 2.75) is 6.54 Å². The van der Waals surface area contributed by atoms with E-state index in [0.29, 0.717) is 5.52 Å². The number of para-hydroxylation sites is 1. The molecule has 0 aliphatic rings. The van der Waals surface area contributed by atoms with Gasteiger partial charge in [-0.2, -0.15) is 0 Å². The molecule has 0 fully saturated rings. The number of aromatic nitrogens is 1. The van der Waals surface area contributed by atoms with E-state index in [1.807, 2.05) is 6.07 Å². The summed E-state index contributed by atoms with van der Waals surface area (Å²) >= 11 is 0. The lowest BCUT2D eigenvalue weighted by Crippen LogP contribution is -1.97. The molecule has 0 saturated carbocycles. The van der Waals surface area contributed by atoms with Crippen LogP contribution in [0.2, 0.25) is 0 Å². The molecule has 0 saturated heterocycles. The Hall–Kier alpha value is -1.64. The van der Waals surface area contributed by atoms with E-state index >= 15 is 0 Å². The van der Waals surface area contributed by atoms with Gasteiger partial charge in [-0.1, -0.05) is 12.1 Å². The molecular formula is C10H8FNO. The molecule has 0 aliphatic carbocycles. The molecule has 0 aliphatic heterocycles. The summed E-state index contributed by atoms with van der Waals surface area (Å²) in [5.41, 5.74) is 0.495. The minimum Gasteiger partial charge on any atom is -0.338 e. The van der Waals surface area contributed by atoms with Gasteiger partial charge in [0.2, 0.25) is 0 Å². The predicted molar refractivity (Wildman–Crippen MR) is 48.0 cm³/mol. The Morgan fingerprint density at radius 2 is 2.23 bits per heavy atom. The van der Waals surface area contributed by atoms with E-state index in [9.17, 15) is 9.18 Å². The van der Waals surface area contributed by atoms with Gasteiger partial charge in [-0.3, -0.25) is 0 Å². The number of hydrogen-bond donors (Lipinski definition) is 0. The summed E-state index contributed by atoms with van der Waals surface area (Å²) in [4.78, 5) is 10.3. The fourth-order valence-corrected chi connectivity index (χ4v) is 1.45. The minimum absolute atomic E-state index is 0.199. The summed E-state index contributed by atoms with van der Waals surface area (Å²) in [5.74, 6) is -0.288. The van der Waals surface area contributed by atoms with E-state index in [-0.39, 0.29) is 12.4 Å². The van der Waals surface area contributed by atoms with Gasteiger partial charge in [-0.25, -0.2) is 4.39 Å². The standard InChI is InChI=1S/C10H8FNO/c11-9-3-1-2-8-4-5-12(6-7-13)10(8)9/h1-5,7H,6H2. The van der Waals surface area contributed by atoms with Crippen molar-refractivity contribution in [1.29, 1.82) is 0 Å². The second kappa shape index (κ2) is 3.01. The van der Waals surface area contributed by atoms with Gasteiger partial charge in [0.05, 0.1) is 12.1 Å². The van der Waals surface area contributed by atoms with Crippen LogP contribution in [-0.2, 0) is 11.3 Å². The van der Waals surface area contributed by atoms with E-state index in [2.05, 4.69) is 0 Å². The summed E-state index contributed by atoms with van der Waals surface area (Å²) in [6, 6.07) is 6.66. The van der Waals surface area contributed by atoms with Crippen LogP contribution >= 0.6 is 0 Å². The number of hydrogen-bond acceptors (Lipinski definition) is 1. The first-order valence-electron chi connectivity index (χ1n) is 4.00. The zero-order valence-corrected chi connectivity index (χ0v) is 6.90. The average molecular weight is 177 g/mol. The molecule has 0 spiro atoms. The summed E-state index contributed by atoms with van der Waals surface area (Å²) in [6.45, 7) is 0.199. The predicted octanol–water partition coefficient (Wildman–Crippen LogP) is 1.98. The second-order valence-electron chi connectivity index (χ2n) is 2.81. The van der Waals surface area contributed by atoms with Crippen LogP contribution < -0.4 is 0 Å². The number of halogens is 1. The van der Waals surface area contributed by atoms with Gasteiger partial charge in [0, 0.05) is 11.6 Å². The molecule has 0 atom stereocenters. The Balaban J connectivity index is 2.70. The second-order valence-corrected chi connectivity index (χ2v) is 2.81. The first kappa shape index (κ1) is 7.98. The normalized spacial score (nSPS) is 10.5. The van der Waals surface area contributed by atoms with E-state index in [0.717, 1.165) is 11.7 Å². The first-order valence-corrected chi connectivity index (χ1v) is 4.00. The number of rotatable bonds is 2. The van der Waals surface area contributed by atoms with Gasteiger partial charge >= 0.3 is 0 Å². The average Bonchev–Trinajstić information content (AvgIpc) is 2.51. The molecule has 3 heteroatoms. The summed E-state index contributed by atoms with van der Waals surface area (Å²) < 4.78 is 14.9. The highest BCUT2D eigenvalue weighted by atomic mass is 19.1. The topological polar surface area (TPSA) is 22.0 Å². The zero-order valence-electron chi connectivity index (χ0n) is 6.90. The van der Waals surface area contributed by atoms with Crippen LogP contribution in [0.5, 0.6) is 0 Å². The third kappa shape index (κ3) is 1.22. The van der Waals surface area contributed by atoms with Crippen LogP contribution in [0.4, 0.5) is 4.39 Å². The highest BCUT2D eigenvalue weighted by Crippen LogP contribution is 2.18. The Labute approximate surface area is 74.6 Å². The van der Waals surface area contributed by atoms with Crippen molar-refractivity contribution >= 4 is 17.2 Å². The molecule has 0 amide bonds. The van der Waals surface area contributed by atoms with Crippen LogP contribution in [-0.4, -0.2) is 10.9 Å². The van der Waals surface area contributed by atoms with Crippen molar-refractivity contribution in [3.63, 3.8) is 0 Å². The molecule has 0 unspecified atom stereocenters. The van der Waals surface area contributed by atoms with Crippen molar-refractivity contribution in [2.24, 2.45) is 0 Å². The third-order valence-corrected chi connectivity index (χ3v) is 2.01. The Kier molecular flexibility index (Phi) is 1.85. The Morgan fingerprint density at radius 1 is 1.38 bits per heavy atom. The van der Waals surface area contributed by atoms with Crippen molar-refractivity contribution in [3.05, 3.63) is 36.3 Å². The number of carbonyl (C=O) groups excluding carboxylic acids is 1. The third-order valence-electron chi connectivity index (χ3n) is 2.01. The maximum atomic E-state index is 13.3. The fourth-order valence-electron chi connectivity index (χ4n) is 1.45. The van der Waals surface area contributed by atoms with E-state index < -0.39 is 0 Å². The molecule has 1 aromatic carbocycles. The maximum absolute atomic E-state index is 13.3. The SMILES string of the molecule is O=CCn1ccc2cccc(F)c21. The highest BCUT2D eigenvalue weighted by molar-refractivity contribution is 5.81. The van der Waals surface area contributed by atoms with Gasteiger partial charge in [0.15, 0.2) is 0 Å². The van der Waals surface area contributed by atoms with Crippen LogP contribution in [0.15, 0.2) is 30.5 Å². The van der Waals surface area contributed by atoms with Gasteiger partial charge in [0.25, 0.3) is 0 Å². The lowest BCUT2D eigenvalue weighted by Gasteiger charge is -1.99. The molecule has 66 valence electrons. The Morgan fingerprint density at radius 3 is 3.00 bits per heavy atom. The van der Waals surface area contributed by atoms with Gasteiger partial charge < -0.3 is 9.36 Å². The molecule has 2 aromatic rings. The van der Waals surface area contributed by atoms with E-state index in [4.69, 9.17) is 0 Å². The summed E-state index contributed by atoms with van der Waals surface area (Å²) in [6.07, 6.45) is 2.47. The maximum Gasteiger partial charge on any atom is 0.147 e. The monoisotopic (exact) mass is 177 g/mol. The fraction of sp³-hybridized carbons (Fsp3) is 0.100. The molecule has 0 radical (unpaired) electrons. The summed E-state index contributed by atoms with van der Waals surface area (Å²) in [7, 11) is 0. The molecule has 1 heterocycles. The smallest absolute Gasteiger partial charge is 0.147 e. The van der Waals surface area contributed by atoms with Crippen LogP contribution in [0.25, 0.3) is 10.9 Å². The van der Waals surface area contributed by atoms with Crippen LogP contribution in [0.1, 0.15) is 0 Å². The van der Waals surface area contributed by atoms with Crippen LogP contribution in [0, 0.1) is 5.82 Å². The van der Waals surface area contributed by atoms with Gasteiger partial charge in [-0.15, -0.1) is 0 Å². The quantitative estimate of drug-likeness (QED) is 0.643. The summed E-state index contributed by atoms with van der Waals surface area (Å²) in [5, 5.41) is 0.821. The number of nitrogens with zero attached hydrogens (tertiary/aromatic N) is 1. The molecule has 0 bridgehead atoms. The molecule has 13 heavy (non-hydrogen) atoms. The van der Waals surface area contributed by atoms with Crippen LogP contribution in [0.3, 0.4) is 0 Å². The highest BCUT2D eigenvalue weighted by Gasteiger charge is 2.04. The number of aldehydes is 1. The zero-order chi connectivity index (χ0) is 9.26. The van der Waals surface area contributed by atoms with E-state index in [1.165, 1.54) is 6.07 Å². The molecule has 2 rings (SSSR count). The largest absolute Gasteiger partial charge is 0.338 e. The Bertz CT molecular complexity index is 447.